The normalized spacial score (nSPS) is 10.8. The van der Waals surface area contributed by atoms with E-state index in [-0.39, 0.29) is 12.2 Å². The van der Waals surface area contributed by atoms with E-state index < -0.39 is 11.9 Å². The van der Waals surface area contributed by atoms with Gasteiger partial charge >= 0.3 is 5.97 Å². The molecule has 0 saturated heterocycles. The Morgan fingerprint density at radius 3 is 2.25 bits per heavy atom. The van der Waals surface area contributed by atoms with Crippen molar-refractivity contribution >= 4 is 23.6 Å². The third-order valence-corrected chi connectivity index (χ3v) is 4.03. The van der Waals surface area contributed by atoms with Crippen LogP contribution < -0.4 is 10.1 Å². The van der Waals surface area contributed by atoms with Gasteiger partial charge in [0.25, 0.3) is 5.91 Å². The molecule has 2 rings (SSSR count). The van der Waals surface area contributed by atoms with Crippen LogP contribution in [0.5, 0.6) is 5.75 Å². The van der Waals surface area contributed by atoms with Gasteiger partial charge in [-0.05, 0) is 67.8 Å². The van der Waals surface area contributed by atoms with Gasteiger partial charge in [0.2, 0.25) is 0 Å². The zero-order valence-corrected chi connectivity index (χ0v) is 16.3. The highest BCUT2D eigenvalue weighted by molar-refractivity contribution is 6.09. The van der Waals surface area contributed by atoms with Gasteiger partial charge in [0.1, 0.15) is 17.4 Å². The van der Waals surface area contributed by atoms with E-state index in [1.807, 2.05) is 39.0 Å². The summed E-state index contributed by atoms with van der Waals surface area (Å²) < 4.78 is 10.1. The summed E-state index contributed by atoms with van der Waals surface area (Å²) in [5.41, 5.74) is 3.95. The molecule has 1 N–H and O–H groups in total. The van der Waals surface area contributed by atoms with Crippen molar-refractivity contribution in [1.29, 1.82) is 5.26 Å². The van der Waals surface area contributed by atoms with Gasteiger partial charge in [-0.1, -0.05) is 17.7 Å². The molecule has 0 spiro atoms. The first kappa shape index (κ1) is 20.7. The molecule has 0 bridgehead atoms. The minimum absolute atomic E-state index is 0.0115. The van der Waals surface area contributed by atoms with E-state index in [0.29, 0.717) is 17.0 Å². The molecule has 0 unspecified atom stereocenters. The number of methoxy groups -OCH3 is 1. The van der Waals surface area contributed by atoms with Crippen molar-refractivity contribution in [3.63, 3.8) is 0 Å². The summed E-state index contributed by atoms with van der Waals surface area (Å²) in [6.07, 6.45) is 1.52. The van der Waals surface area contributed by atoms with Crippen LogP contribution in [0.1, 0.15) is 22.3 Å². The lowest BCUT2D eigenvalue weighted by atomic mass is 10.0. The van der Waals surface area contributed by atoms with Gasteiger partial charge in [-0.25, -0.2) is 4.79 Å². The zero-order valence-electron chi connectivity index (χ0n) is 16.3. The van der Waals surface area contributed by atoms with E-state index in [4.69, 9.17) is 4.74 Å². The maximum Gasteiger partial charge on any atom is 0.343 e. The minimum atomic E-state index is -0.479. The van der Waals surface area contributed by atoms with Crippen molar-refractivity contribution in [2.45, 2.75) is 20.8 Å². The van der Waals surface area contributed by atoms with Crippen molar-refractivity contribution < 1.29 is 19.1 Å². The molecular formula is C22H22N2O4. The maximum atomic E-state index is 12.4. The molecule has 0 fully saturated rings. The van der Waals surface area contributed by atoms with Crippen molar-refractivity contribution in [3.8, 4) is 11.8 Å². The number of anilines is 1. The topological polar surface area (TPSA) is 88.4 Å². The van der Waals surface area contributed by atoms with Crippen LogP contribution in [0.2, 0.25) is 0 Å². The second-order valence-electron chi connectivity index (χ2n) is 6.34. The predicted molar refractivity (Wildman–Crippen MR) is 107 cm³/mol. The molecule has 2 aromatic rings. The number of hydrogen-bond acceptors (Lipinski definition) is 5. The molecule has 0 radical (unpaired) electrons. The molecule has 0 heterocycles. The predicted octanol–water partition coefficient (Wildman–Crippen LogP) is 3.71. The first-order valence-corrected chi connectivity index (χ1v) is 8.64. The molecule has 0 aliphatic rings. The average Bonchev–Trinajstić information content (AvgIpc) is 2.66. The number of hydrogen-bond donors (Lipinski definition) is 1. The van der Waals surface area contributed by atoms with Crippen LogP contribution in [0, 0.1) is 32.1 Å². The Hall–Kier alpha value is -3.59. The number of nitrogens with one attached hydrogen (secondary N) is 1. The Morgan fingerprint density at radius 2 is 1.71 bits per heavy atom. The van der Waals surface area contributed by atoms with Gasteiger partial charge in [-0.15, -0.1) is 0 Å². The van der Waals surface area contributed by atoms with Gasteiger partial charge < -0.3 is 14.8 Å². The van der Waals surface area contributed by atoms with Crippen LogP contribution in [0.15, 0.2) is 42.0 Å². The summed E-state index contributed by atoms with van der Waals surface area (Å²) in [5.74, 6) is -0.375. The fourth-order valence-electron chi connectivity index (χ4n) is 2.64. The van der Waals surface area contributed by atoms with E-state index in [2.05, 4.69) is 10.1 Å². The van der Waals surface area contributed by atoms with Crippen molar-refractivity contribution in [3.05, 3.63) is 64.2 Å². The summed E-state index contributed by atoms with van der Waals surface area (Å²) in [6.45, 7) is 5.43. The molecule has 1 amide bonds. The van der Waals surface area contributed by atoms with Crippen molar-refractivity contribution in [2.24, 2.45) is 0 Å². The van der Waals surface area contributed by atoms with Gasteiger partial charge in [0.05, 0.1) is 7.11 Å². The molecule has 2 aromatic carbocycles. The van der Waals surface area contributed by atoms with E-state index >= 15 is 0 Å². The molecule has 6 heteroatoms. The first-order chi connectivity index (χ1) is 13.3. The van der Waals surface area contributed by atoms with Gasteiger partial charge in [0.15, 0.2) is 6.61 Å². The number of rotatable bonds is 6. The Labute approximate surface area is 164 Å². The van der Waals surface area contributed by atoms with Gasteiger partial charge in [-0.3, -0.25) is 4.79 Å². The number of benzene rings is 2. The highest BCUT2D eigenvalue weighted by Crippen LogP contribution is 2.26. The quantitative estimate of drug-likeness (QED) is 0.470. The van der Waals surface area contributed by atoms with E-state index in [1.165, 1.54) is 13.2 Å². The minimum Gasteiger partial charge on any atom is -0.481 e. The van der Waals surface area contributed by atoms with Crippen LogP contribution >= 0.6 is 0 Å². The van der Waals surface area contributed by atoms with Crippen LogP contribution in [-0.2, 0) is 14.3 Å². The average molecular weight is 378 g/mol. The molecule has 0 atom stereocenters. The lowest BCUT2D eigenvalue weighted by Gasteiger charge is -2.12. The number of carbonyl (C=O) groups excluding carboxylic acids is 2. The smallest absolute Gasteiger partial charge is 0.343 e. The van der Waals surface area contributed by atoms with Crippen LogP contribution in [0.25, 0.3) is 6.08 Å². The lowest BCUT2D eigenvalue weighted by Crippen LogP contribution is -2.14. The summed E-state index contributed by atoms with van der Waals surface area (Å²) in [5, 5.41) is 12.1. The third kappa shape index (κ3) is 5.45. The van der Waals surface area contributed by atoms with Crippen molar-refractivity contribution in [2.75, 3.05) is 19.0 Å². The van der Waals surface area contributed by atoms with E-state index in [1.54, 1.807) is 24.3 Å². The number of carbonyl (C=O) groups is 2. The van der Waals surface area contributed by atoms with Crippen LogP contribution in [0.4, 0.5) is 5.69 Å². The third-order valence-electron chi connectivity index (χ3n) is 4.03. The summed E-state index contributed by atoms with van der Waals surface area (Å²) in [6, 6.07) is 12.8. The zero-order chi connectivity index (χ0) is 20.7. The molecule has 144 valence electrons. The van der Waals surface area contributed by atoms with Crippen LogP contribution in [-0.4, -0.2) is 25.6 Å². The maximum absolute atomic E-state index is 12.4. The molecule has 0 aliphatic heterocycles. The van der Waals surface area contributed by atoms with Crippen LogP contribution in [0.3, 0.4) is 0 Å². The number of ether oxygens (including phenoxy) is 2. The molecular weight excluding hydrogens is 356 g/mol. The number of aryl methyl sites for hydroxylation is 3. The van der Waals surface area contributed by atoms with Gasteiger partial charge in [0, 0.05) is 5.69 Å². The Balaban J connectivity index is 2.21. The number of esters is 1. The summed E-state index contributed by atoms with van der Waals surface area (Å²) in [7, 11) is 1.30. The van der Waals surface area contributed by atoms with Crippen molar-refractivity contribution in [1.82, 2.24) is 0 Å². The Morgan fingerprint density at radius 1 is 1.11 bits per heavy atom. The summed E-state index contributed by atoms with van der Waals surface area (Å²) >= 11 is 0. The summed E-state index contributed by atoms with van der Waals surface area (Å²) in [4.78, 5) is 23.7. The molecule has 0 aromatic heterocycles. The second-order valence-corrected chi connectivity index (χ2v) is 6.34. The Kier molecular flexibility index (Phi) is 6.94. The fourth-order valence-corrected chi connectivity index (χ4v) is 2.64. The number of nitrogens with zero attached hydrogens (tertiary/aromatic N) is 1. The largest absolute Gasteiger partial charge is 0.481 e. The Bertz CT molecular complexity index is 930. The lowest BCUT2D eigenvalue weighted by molar-refractivity contribution is -0.142. The fraction of sp³-hybridized carbons (Fsp3) is 0.227. The molecule has 6 nitrogen and oxygen atoms in total. The number of nitriles is 1. The highest BCUT2D eigenvalue weighted by atomic mass is 16.6. The second kappa shape index (κ2) is 9.38. The van der Waals surface area contributed by atoms with Gasteiger partial charge in [-0.2, -0.15) is 5.26 Å². The SMILES string of the molecule is COC(=O)COc1c(C)cc(/C=C(/C#N)C(=O)Nc2ccc(C)cc2)cc1C. The van der Waals surface area contributed by atoms with E-state index in [9.17, 15) is 14.9 Å². The molecule has 28 heavy (non-hydrogen) atoms. The molecule has 0 aliphatic carbocycles. The first-order valence-electron chi connectivity index (χ1n) is 8.64. The standard InChI is InChI=1S/C22H22N2O4/c1-14-5-7-19(8-6-14)24-22(26)18(12-23)11-17-9-15(2)21(16(3)10-17)28-13-20(25)27-4/h5-11H,13H2,1-4H3,(H,24,26)/b18-11-. The number of amides is 1. The van der Waals surface area contributed by atoms with E-state index in [0.717, 1.165) is 16.7 Å². The molecule has 0 saturated carbocycles. The highest BCUT2D eigenvalue weighted by Gasteiger charge is 2.12. The monoisotopic (exact) mass is 378 g/mol.